The number of nitrogen functional groups attached to an aromatic ring is 2. The van der Waals surface area contributed by atoms with Crippen LogP contribution in [0.2, 0.25) is 0 Å². The summed E-state index contributed by atoms with van der Waals surface area (Å²) in [6.45, 7) is 0. The van der Waals surface area contributed by atoms with E-state index in [1.54, 1.807) is 0 Å². The number of thiophene rings is 1. The molecule has 126 valence electrons. The summed E-state index contributed by atoms with van der Waals surface area (Å²) in [7, 11) is 0. The number of aromatic nitrogens is 2. The average molecular weight is 364 g/mol. The van der Waals surface area contributed by atoms with Crippen molar-refractivity contribution >= 4 is 51.5 Å². The fourth-order valence-corrected chi connectivity index (χ4v) is 4.56. The summed E-state index contributed by atoms with van der Waals surface area (Å²) in [5, 5.41) is 3.61. The monoisotopic (exact) mass is 364 g/mol. The van der Waals surface area contributed by atoms with Gasteiger partial charge in [0, 0.05) is 10.9 Å². The lowest BCUT2D eigenvalue weighted by atomic mass is 10.1. The molecular weight excluding hydrogens is 348 g/mol. The standard InChI is InChI=1S/C14H16N6O2S2/c15-8-4-9(16)19-14(18-8)23-5-10(21)20-13-11(12(17)22)6-2-1-3-7(6)24-13/h4H,1-3,5H2,(H2,17,22)(H,20,21)(H4,15,16,18,19). The van der Waals surface area contributed by atoms with Crippen LogP contribution in [0.5, 0.6) is 0 Å². The molecule has 7 N–H and O–H groups in total. The summed E-state index contributed by atoms with van der Waals surface area (Å²) in [6.07, 6.45) is 2.76. The number of carbonyl (C=O) groups excluding carboxylic acids is 2. The highest BCUT2D eigenvalue weighted by atomic mass is 32.2. The van der Waals surface area contributed by atoms with Gasteiger partial charge in [0.05, 0.1) is 11.3 Å². The topological polar surface area (TPSA) is 150 Å². The highest BCUT2D eigenvalue weighted by molar-refractivity contribution is 7.99. The average Bonchev–Trinajstić information content (AvgIpc) is 3.04. The van der Waals surface area contributed by atoms with Crippen molar-refractivity contribution in [1.82, 2.24) is 9.97 Å². The molecule has 0 saturated carbocycles. The molecule has 2 heterocycles. The van der Waals surface area contributed by atoms with E-state index in [9.17, 15) is 9.59 Å². The number of rotatable bonds is 5. The second-order valence-electron chi connectivity index (χ2n) is 5.26. The van der Waals surface area contributed by atoms with Gasteiger partial charge in [-0.15, -0.1) is 11.3 Å². The molecule has 0 radical (unpaired) electrons. The highest BCUT2D eigenvalue weighted by Crippen LogP contribution is 2.38. The largest absolute Gasteiger partial charge is 0.383 e. The van der Waals surface area contributed by atoms with Crippen LogP contribution in [0.4, 0.5) is 16.6 Å². The minimum absolute atomic E-state index is 0.0731. The van der Waals surface area contributed by atoms with Crippen LogP contribution in [-0.4, -0.2) is 27.5 Å². The van der Waals surface area contributed by atoms with Gasteiger partial charge >= 0.3 is 0 Å². The van der Waals surface area contributed by atoms with E-state index in [4.69, 9.17) is 17.2 Å². The van der Waals surface area contributed by atoms with Crippen molar-refractivity contribution < 1.29 is 9.59 Å². The molecule has 0 saturated heterocycles. The Balaban J connectivity index is 1.68. The normalized spacial score (nSPS) is 12.8. The van der Waals surface area contributed by atoms with Gasteiger partial charge in [0.25, 0.3) is 5.91 Å². The minimum atomic E-state index is -0.510. The Morgan fingerprint density at radius 3 is 2.62 bits per heavy atom. The quantitative estimate of drug-likeness (QED) is 0.457. The molecule has 0 spiro atoms. The number of nitrogens with two attached hydrogens (primary N) is 3. The van der Waals surface area contributed by atoms with Gasteiger partial charge in [-0.25, -0.2) is 9.97 Å². The number of nitrogens with zero attached hydrogens (tertiary/aromatic N) is 2. The summed E-state index contributed by atoms with van der Waals surface area (Å²) in [5.74, 6) is -0.215. The highest BCUT2D eigenvalue weighted by Gasteiger charge is 2.26. The maximum Gasteiger partial charge on any atom is 0.251 e. The van der Waals surface area contributed by atoms with Crippen molar-refractivity contribution in [3.8, 4) is 0 Å². The lowest BCUT2D eigenvalue weighted by molar-refractivity contribution is -0.113. The maximum absolute atomic E-state index is 12.2. The van der Waals surface area contributed by atoms with E-state index in [1.165, 1.54) is 17.4 Å². The van der Waals surface area contributed by atoms with Crippen LogP contribution in [0.15, 0.2) is 11.2 Å². The molecule has 0 aliphatic heterocycles. The first-order valence-electron chi connectivity index (χ1n) is 7.21. The molecular formula is C14H16N6O2S2. The first kappa shape index (κ1) is 16.5. The van der Waals surface area contributed by atoms with Crippen LogP contribution < -0.4 is 22.5 Å². The van der Waals surface area contributed by atoms with E-state index >= 15 is 0 Å². The molecule has 2 aromatic heterocycles. The number of hydrogen-bond donors (Lipinski definition) is 4. The van der Waals surface area contributed by atoms with Gasteiger partial charge in [0.2, 0.25) is 5.91 Å². The Hall–Kier alpha value is -2.33. The zero-order chi connectivity index (χ0) is 17.3. The third kappa shape index (κ3) is 3.44. The van der Waals surface area contributed by atoms with E-state index < -0.39 is 5.91 Å². The van der Waals surface area contributed by atoms with E-state index in [2.05, 4.69) is 15.3 Å². The fraction of sp³-hybridized carbons (Fsp3) is 0.286. The zero-order valence-electron chi connectivity index (χ0n) is 12.7. The number of thioether (sulfide) groups is 1. The van der Waals surface area contributed by atoms with Crippen LogP contribution >= 0.6 is 23.1 Å². The summed E-state index contributed by atoms with van der Waals surface area (Å²) in [5.41, 5.74) is 18.1. The number of hydrogen-bond acceptors (Lipinski definition) is 8. The number of anilines is 3. The third-order valence-electron chi connectivity index (χ3n) is 3.50. The Bertz CT molecular complexity index is 800. The van der Waals surface area contributed by atoms with Crippen molar-refractivity contribution in [3.05, 3.63) is 22.1 Å². The molecule has 3 rings (SSSR count). The molecule has 0 atom stereocenters. The number of fused-ring (bicyclic) bond motifs is 1. The van der Waals surface area contributed by atoms with Gasteiger partial charge in [0.15, 0.2) is 5.16 Å². The Morgan fingerprint density at radius 1 is 1.25 bits per heavy atom. The summed E-state index contributed by atoms with van der Waals surface area (Å²) in [6, 6.07) is 1.44. The van der Waals surface area contributed by atoms with Crippen LogP contribution in [0.3, 0.4) is 0 Å². The lowest BCUT2D eigenvalue weighted by Crippen LogP contribution is -2.19. The van der Waals surface area contributed by atoms with Gasteiger partial charge < -0.3 is 22.5 Å². The van der Waals surface area contributed by atoms with E-state index in [0.717, 1.165) is 41.5 Å². The van der Waals surface area contributed by atoms with E-state index in [1.807, 2.05) is 0 Å². The van der Waals surface area contributed by atoms with Gasteiger partial charge in [-0.2, -0.15) is 0 Å². The Labute approximate surface area is 146 Å². The predicted octanol–water partition coefficient (Wildman–Crippen LogP) is 1.02. The SMILES string of the molecule is NC(=O)c1c(NC(=O)CSc2nc(N)cc(N)n2)sc2c1CCC2. The molecule has 2 amide bonds. The Morgan fingerprint density at radius 2 is 1.96 bits per heavy atom. The van der Waals surface area contributed by atoms with Crippen LogP contribution in [0.1, 0.15) is 27.2 Å². The number of primary amides is 1. The molecule has 1 aliphatic rings. The van der Waals surface area contributed by atoms with Crippen molar-refractivity contribution in [2.24, 2.45) is 5.73 Å². The second-order valence-corrected chi connectivity index (χ2v) is 7.31. The van der Waals surface area contributed by atoms with Gasteiger partial charge in [-0.1, -0.05) is 11.8 Å². The van der Waals surface area contributed by atoms with E-state index in [-0.39, 0.29) is 23.3 Å². The Kier molecular flexibility index (Phi) is 4.58. The second kappa shape index (κ2) is 6.65. The minimum Gasteiger partial charge on any atom is -0.383 e. The predicted molar refractivity (Wildman–Crippen MR) is 95.1 cm³/mol. The summed E-state index contributed by atoms with van der Waals surface area (Å²) in [4.78, 5) is 33.0. The van der Waals surface area contributed by atoms with Crippen LogP contribution in [-0.2, 0) is 17.6 Å². The number of nitrogens with one attached hydrogen (secondary N) is 1. The van der Waals surface area contributed by atoms with Crippen molar-refractivity contribution in [2.75, 3.05) is 22.5 Å². The molecule has 24 heavy (non-hydrogen) atoms. The van der Waals surface area contributed by atoms with Gasteiger partial charge in [-0.05, 0) is 24.8 Å². The molecule has 0 bridgehead atoms. The molecule has 1 aliphatic carbocycles. The van der Waals surface area contributed by atoms with Crippen molar-refractivity contribution in [2.45, 2.75) is 24.4 Å². The van der Waals surface area contributed by atoms with E-state index in [0.29, 0.717) is 15.7 Å². The van der Waals surface area contributed by atoms with Crippen molar-refractivity contribution in [1.29, 1.82) is 0 Å². The molecule has 0 fully saturated rings. The number of amides is 2. The zero-order valence-corrected chi connectivity index (χ0v) is 14.3. The van der Waals surface area contributed by atoms with Crippen LogP contribution in [0.25, 0.3) is 0 Å². The first-order valence-corrected chi connectivity index (χ1v) is 9.01. The van der Waals surface area contributed by atoms with Crippen molar-refractivity contribution in [3.63, 3.8) is 0 Å². The molecule has 8 nitrogen and oxygen atoms in total. The third-order valence-corrected chi connectivity index (χ3v) is 5.55. The summed E-state index contributed by atoms with van der Waals surface area (Å²) >= 11 is 2.53. The maximum atomic E-state index is 12.2. The van der Waals surface area contributed by atoms with Gasteiger partial charge in [-0.3, -0.25) is 9.59 Å². The molecule has 2 aromatic rings. The number of carbonyl (C=O) groups is 2. The fourth-order valence-electron chi connectivity index (χ4n) is 2.57. The molecule has 0 unspecified atom stereocenters. The number of aryl methyl sites for hydroxylation is 1. The molecule has 10 heteroatoms. The summed E-state index contributed by atoms with van der Waals surface area (Å²) < 4.78 is 0. The lowest BCUT2D eigenvalue weighted by Gasteiger charge is -2.06. The molecule has 0 aromatic carbocycles. The smallest absolute Gasteiger partial charge is 0.251 e. The van der Waals surface area contributed by atoms with Crippen LogP contribution in [0, 0.1) is 0 Å². The van der Waals surface area contributed by atoms with Gasteiger partial charge in [0.1, 0.15) is 16.6 Å². The first-order chi connectivity index (χ1) is 11.4.